The number of thiophene rings is 1. The fourth-order valence-electron chi connectivity index (χ4n) is 3.07. The maximum absolute atomic E-state index is 6.25. The van der Waals surface area contributed by atoms with E-state index < -0.39 is 0 Å². The predicted octanol–water partition coefficient (Wildman–Crippen LogP) is 5.62. The van der Waals surface area contributed by atoms with Crippen molar-refractivity contribution in [3.05, 3.63) is 71.9 Å². The van der Waals surface area contributed by atoms with Crippen LogP contribution in [0.1, 0.15) is 0 Å². The number of pyridine rings is 1. The van der Waals surface area contributed by atoms with Gasteiger partial charge in [0.15, 0.2) is 5.15 Å². The molecule has 0 amide bonds. The second-order valence-electron chi connectivity index (χ2n) is 5.83. The van der Waals surface area contributed by atoms with Gasteiger partial charge < -0.3 is 0 Å². The van der Waals surface area contributed by atoms with E-state index in [4.69, 9.17) is 16.6 Å². The number of fused-ring (bicyclic) bond motifs is 3. The molecule has 0 aliphatic rings. The van der Waals surface area contributed by atoms with Crippen LogP contribution in [0.5, 0.6) is 0 Å². The third-order valence-electron chi connectivity index (χ3n) is 4.26. The lowest BCUT2D eigenvalue weighted by molar-refractivity contribution is 0.900. The van der Waals surface area contributed by atoms with E-state index >= 15 is 0 Å². The molecule has 0 aliphatic carbocycles. The van der Waals surface area contributed by atoms with E-state index in [1.54, 1.807) is 0 Å². The van der Waals surface area contributed by atoms with Crippen molar-refractivity contribution in [3.63, 3.8) is 0 Å². The zero-order valence-electron chi connectivity index (χ0n) is 13.4. The highest BCUT2D eigenvalue weighted by Crippen LogP contribution is 2.41. The second kappa shape index (κ2) is 6.12. The van der Waals surface area contributed by atoms with Crippen molar-refractivity contribution in [2.45, 2.75) is 0 Å². The zero-order chi connectivity index (χ0) is 17.5. The van der Waals surface area contributed by atoms with Crippen LogP contribution in [0, 0.1) is 0 Å². The van der Waals surface area contributed by atoms with Gasteiger partial charge >= 0.3 is 0 Å². The van der Waals surface area contributed by atoms with Crippen molar-refractivity contribution < 1.29 is 0 Å². The Hall–Kier alpha value is -2.89. The normalized spacial score (nSPS) is 11.3. The van der Waals surface area contributed by atoms with Gasteiger partial charge in [0.25, 0.3) is 0 Å². The summed E-state index contributed by atoms with van der Waals surface area (Å²) in [6.45, 7) is 0. The zero-order valence-corrected chi connectivity index (χ0v) is 15.0. The van der Waals surface area contributed by atoms with Crippen LogP contribution in [0.25, 0.3) is 42.8 Å². The maximum Gasteiger partial charge on any atom is 0.172 e. The van der Waals surface area contributed by atoms with E-state index in [9.17, 15) is 0 Å². The van der Waals surface area contributed by atoms with E-state index in [1.165, 1.54) is 11.3 Å². The number of nitrogens with zero attached hydrogens (tertiary/aromatic N) is 4. The van der Waals surface area contributed by atoms with Crippen LogP contribution < -0.4 is 0 Å². The summed E-state index contributed by atoms with van der Waals surface area (Å²) in [6, 6.07) is 22.5. The molecule has 124 valence electrons. The first-order valence-corrected chi connectivity index (χ1v) is 9.23. The Morgan fingerprint density at radius 3 is 2.23 bits per heavy atom. The molecule has 0 fully saturated rings. The lowest BCUT2D eigenvalue weighted by Gasteiger charge is -2.08. The van der Waals surface area contributed by atoms with Gasteiger partial charge in [0.1, 0.15) is 10.3 Å². The molecule has 0 saturated carbocycles. The van der Waals surface area contributed by atoms with Gasteiger partial charge in [-0.1, -0.05) is 72.3 Å². The summed E-state index contributed by atoms with van der Waals surface area (Å²) in [4.78, 5) is 5.75. The molecule has 4 nitrogen and oxygen atoms in total. The van der Waals surface area contributed by atoms with Crippen LogP contribution in [0.4, 0.5) is 0 Å². The first-order valence-electron chi connectivity index (χ1n) is 8.04. The lowest BCUT2D eigenvalue weighted by atomic mass is 10.00. The van der Waals surface area contributed by atoms with Crippen LogP contribution in [0.2, 0.25) is 5.15 Å². The number of aromatic nitrogens is 4. The molecule has 6 heteroatoms. The molecule has 0 unspecified atom stereocenters. The number of rotatable bonds is 2. The number of hydrogen-bond donors (Lipinski definition) is 0. The lowest BCUT2D eigenvalue weighted by Crippen LogP contribution is -1.90. The average molecular weight is 375 g/mol. The fourth-order valence-corrected chi connectivity index (χ4v) is 4.32. The molecule has 0 atom stereocenters. The highest BCUT2D eigenvalue weighted by molar-refractivity contribution is 7.26. The SMILES string of the molecule is Clc1nnnc2c1sc1nc(-c3ccccc3)cc(-c3ccccc3)c12. The molecule has 0 spiro atoms. The number of benzene rings is 2. The Balaban J connectivity index is 1.92. The summed E-state index contributed by atoms with van der Waals surface area (Å²) >= 11 is 7.75. The predicted molar refractivity (Wildman–Crippen MR) is 106 cm³/mol. The summed E-state index contributed by atoms with van der Waals surface area (Å²) in [6.07, 6.45) is 0. The minimum Gasteiger partial charge on any atom is -0.237 e. The average Bonchev–Trinajstić information content (AvgIpc) is 3.09. The van der Waals surface area contributed by atoms with Gasteiger partial charge in [-0.2, -0.15) is 0 Å². The van der Waals surface area contributed by atoms with Crippen molar-refractivity contribution in [2.24, 2.45) is 0 Å². The van der Waals surface area contributed by atoms with Crippen LogP contribution in [-0.2, 0) is 0 Å². The van der Waals surface area contributed by atoms with Gasteiger partial charge in [0.05, 0.1) is 10.4 Å². The minimum atomic E-state index is 0.360. The van der Waals surface area contributed by atoms with E-state index in [0.717, 1.165) is 42.8 Å². The van der Waals surface area contributed by atoms with Gasteiger partial charge in [-0.25, -0.2) is 4.98 Å². The molecule has 5 rings (SSSR count). The fraction of sp³-hybridized carbons (Fsp3) is 0. The first-order chi connectivity index (χ1) is 12.8. The third-order valence-corrected chi connectivity index (χ3v) is 5.71. The summed E-state index contributed by atoms with van der Waals surface area (Å²) in [7, 11) is 0. The van der Waals surface area contributed by atoms with Gasteiger partial charge in [-0.15, -0.1) is 21.5 Å². The van der Waals surface area contributed by atoms with Crippen LogP contribution in [-0.4, -0.2) is 20.4 Å². The molecule has 3 aromatic heterocycles. The molecule has 0 radical (unpaired) electrons. The minimum absolute atomic E-state index is 0.360. The van der Waals surface area contributed by atoms with Crippen LogP contribution in [0.15, 0.2) is 66.7 Å². The Labute approximate surface area is 158 Å². The largest absolute Gasteiger partial charge is 0.237 e. The van der Waals surface area contributed by atoms with E-state index in [0.29, 0.717) is 5.15 Å². The molecule has 0 N–H and O–H groups in total. The smallest absolute Gasteiger partial charge is 0.172 e. The van der Waals surface area contributed by atoms with Gasteiger partial charge in [-0.05, 0) is 22.4 Å². The molecule has 5 aromatic rings. The van der Waals surface area contributed by atoms with Crippen molar-refractivity contribution in [1.29, 1.82) is 0 Å². The highest BCUT2D eigenvalue weighted by atomic mass is 35.5. The molecule has 3 heterocycles. The summed E-state index contributed by atoms with van der Waals surface area (Å²) in [5, 5.41) is 13.2. The van der Waals surface area contributed by atoms with E-state index in [1.807, 2.05) is 36.4 Å². The second-order valence-corrected chi connectivity index (χ2v) is 7.18. The molecular weight excluding hydrogens is 364 g/mol. The Bertz CT molecular complexity index is 1240. The standard InChI is InChI=1S/C20H11ClN4S/c21-19-18-17(23-25-24-19)16-14(12-7-3-1-4-8-12)11-15(22-20(16)26-18)13-9-5-2-6-10-13/h1-11H. The monoisotopic (exact) mass is 374 g/mol. The van der Waals surface area contributed by atoms with Crippen LogP contribution >= 0.6 is 22.9 Å². The Kier molecular flexibility index (Phi) is 3.62. The van der Waals surface area contributed by atoms with Crippen molar-refractivity contribution in [2.75, 3.05) is 0 Å². The topological polar surface area (TPSA) is 51.6 Å². The quantitative estimate of drug-likeness (QED) is 0.402. The summed E-state index contributed by atoms with van der Waals surface area (Å²) < 4.78 is 0.812. The maximum atomic E-state index is 6.25. The van der Waals surface area contributed by atoms with Crippen molar-refractivity contribution in [1.82, 2.24) is 20.4 Å². The number of halogens is 1. The molecular formula is C20H11ClN4S. The Morgan fingerprint density at radius 2 is 1.50 bits per heavy atom. The molecule has 2 aromatic carbocycles. The highest BCUT2D eigenvalue weighted by Gasteiger charge is 2.18. The van der Waals surface area contributed by atoms with E-state index in [-0.39, 0.29) is 0 Å². The molecule has 26 heavy (non-hydrogen) atoms. The van der Waals surface area contributed by atoms with Gasteiger partial charge in [0, 0.05) is 10.9 Å². The van der Waals surface area contributed by atoms with Gasteiger partial charge in [-0.3, -0.25) is 0 Å². The summed E-state index contributed by atoms with van der Waals surface area (Å²) in [5.74, 6) is 0. The van der Waals surface area contributed by atoms with E-state index in [2.05, 4.69) is 45.7 Å². The summed E-state index contributed by atoms with van der Waals surface area (Å²) in [5.41, 5.74) is 4.90. The van der Waals surface area contributed by atoms with Crippen molar-refractivity contribution >= 4 is 43.4 Å². The molecule has 0 aliphatic heterocycles. The van der Waals surface area contributed by atoms with Crippen molar-refractivity contribution in [3.8, 4) is 22.4 Å². The third kappa shape index (κ3) is 2.44. The number of hydrogen-bond acceptors (Lipinski definition) is 5. The molecule has 0 bridgehead atoms. The Morgan fingerprint density at radius 1 is 0.808 bits per heavy atom. The first kappa shape index (κ1) is 15.4. The van der Waals surface area contributed by atoms with Gasteiger partial charge in [0.2, 0.25) is 0 Å². The molecule has 0 saturated heterocycles. The van der Waals surface area contributed by atoms with Crippen LogP contribution in [0.3, 0.4) is 0 Å².